The van der Waals surface area contributed by atoms with E-state index in [0.29, 0.717) is 11.8 Å². The van der Waals surface area contributed by atoms with Crippen LogP contribution in [0, 0.1) is 12.3 Å². The Morgan fingerprint density at radius 3 is 2.32 bits per heavy atom. The topological polar surface area (TPSA) is 35.9 Å². The van der Waals surface area contributed by atoms with Crippen LogP contribution < -0.4 is 5.32 Å². The first kappa shape index (κ1) is 13.3. The van der Waals surface area contributed by atoms with E-state index in [-0.39, 0.29) is 0 Å². The standard InChI is InChI=1S/C17H20N2/c1-12(2)19-17-13(3)8-7-11-15(17)16(18)14-9-5-4-6-10-14/h4-12,18-19H,1-3H3. The predicted octanol–water partition coefficient (Wildman–Crippen LogP) is 4.23. The quantitative estimate of drug-likeness (QED) is 0.785. The van der Waals surface area contributed by atoms with Gasteiger partial charge >= 0.3 is 0 Å². The molecule has 0 atom stereocenters. The van der Waals surface area contributed by atoms with Gasteiger partial charge in [0.25, 0.3) is 0 Å². The molecule has 0 saturated heterocycles. The van der Waals surface area contributed by atoms with Gasteiger partial charge in [-0.05, 0) is 26.3 Å². The molecular weight excluding hydrogens is 232 g/mol. The van der Waals surface area contributed by atoms with Crippen LogP contribution in [0.25, 0.3) is 0 Å². The van der Waals surface area contributed by atoms with E-state index in [2.05, 4.69) is 32.2 Å². The maximum atomic E-state index is 8.41. The van der Waals surface area contributed by atoms with Gasteiger partial charge in [-0.2, -0.15) is 0 Å². The van der Waals surface area contributed by atoms with Gasteiger partial charge < -0.3 is 5.32 Å². The Morgan fingerprint density at radius 2 is 1.68 bits per heavy atom. The minimum atomic E-state index is 0.350. The summed E-state index contributed by atoms with van der Waals surface area (Å²) >= 11 is 0. The molecule has 98 valence electrons. The van der Waals surface area contributed by atoms with Gasteiger partial charge in [0, 0.05) is 22.9 Å². The van der Waals surface area contributed by atoms with E-state index in [9.17, 15) is 0 Å². The maximum Gasteiger partial charge on any atom is 0.0705 e. The molecule has 0 unspecified atom stereocenters. The molecule has 2 aromatic carbocycles. The SMILES string of the molecule is Cc1cccc(C(=N)c2ccccc2)c1NC(C)C. The fourth-order valence-electron chi connectivity index (χ4n) is 2.12. The van der Waals surface area contributed by atoms with Crippen LogP contribution in [-0.2, 0) is 0 Å². The molecule has 0 radical (unpaired) electrons. The third-order valence-corrected chi connectivity index (χ3v) is 3.04. The average Bonchev–Trinajstić information content (AvgIpc) is 2.41. The summed E-state index contributed by atoms with van der Waals surface area (Å²) < 4.78 is 0. The number of aryl methyl sites for hydroxylation is 1. The molecule has 2 nitrogen and oxygen atoms in total. The van der Waals surface area contributed by atoms with Crippen LogP contribution in [0.3, 0.4) is 0 Å². The summed E-state index contributed by atoms with van der Waals surface area (Å²) in [6, 6.07) is 16.3. The molecule has 0 saturated carbocycles. The number of para-hydroxylation sites is 1. The lowest BCUT2D eigenvalue weighted by Crippen LogP contribution is -2.15. The summed E-state index contributed by atoms with van der Waals surface area (Å²) in [6.45, 7) is 6.30. The Labute approximate surface area is 115 Å². The molecule has 0 aliphatic carbocycles. The first-order valence-electron chi connectivity index (χ1n) is 6.60. The van der Waals surface area contributed by atoms with Crippen molar-refractivity contribution in [2.45, 2.75) is 26.8 Å². The molecule has 2 N–H and O–H groups in total. The van der Waals surface area contributed by atoms with Crippen molar-refractivity contribution in [1.29, 1.82) is 5.41 Å². The van der Waals surface area contributed by atoms with Crippen LogP contribution in [0.1, 0.15) is 30.5 Å². The molecule has 0 bridgehead atoms. The van der Waals surface area contributed by atoms with Gasteiger partial charge in [-0.25, -0.2) is 0 Å². The number of rotatable bonds is 4. The number of anilines is 1. The molecule has 0 amide bonds. The Kier molecular flexibility index (Phi) is 4.00. The summed E-state index contributed by atoms with van der Waals surface area (Å²) in [5.74, 6) is 0. The molecule has 0 fully saturated rings. The van der Waals surface area contributed by atoms with Crippen LogP contribution in [0.5, 0.6) is 0 Å². The normalized spacial score (nSPS) is 10.5. The highest BCUT2D eigenvalue weighted by Crippen LogP contribution is 2.24. The largest absolute Gasteiger partial charge is 0.382 e. The fourth-order valence-corrected chi connectivity index (χ4v) is 2.12. The molecule has 0 spiro atoms. The van der Waals surface area contributed by atoms with Crippen molar-refractivity contribution in [3.05, 3.63) is 65.2 Å². The highest BCUT2D eigenvalue weighted by molar-refractivity contribution is 6.14. The first-order chi connectivity index (χ1) is 9.09. The van der Waals surface area contributed by atoms with E-state index in [4.69, 9.17) is 5.41 Å². The van der Waals surface area contributed by atoms with E-state index >= 15 is 0 Å². The Hall–Kier alpha value is -2.09. The highest BCUT2D eigenvalue weighted by atomic mass is 14.9. The second-order valence-electron chi connectivity index (χ2n) is 5.04. The van der Waals surface area contributed by atoms with E-state index in [1.165, 1.54) is 5.56 Å². The summed E-state index contributed by atoms with van der Waals surface area (Å²) in [5.41, 5.74) is 4.70. The molecule has 2 heteroatoms. The monoisotopic (exact) mass is 252 g/mol. The number of hydrogen-bond acceptors (Lipinski definition) is 2. The highest BCUT2D eigenvalue weighted by Gasteiger charge is 2.12. The van der Waals surface area contributed by atoms with E-state index in [1.54, 1.807) is 0 Å². The zero-order valence-electron chi connectivity index (χ0n) is 11.7. The third-order valence-electron chi connectivity index (χ3n) is 3.04. The smallest absolute Gasteiger partial charge is 0.0705 e. The van der Waals surface area contributed by atoms with Gasteiger partial charge in [0.2, 0.25) is 0 Å². The minimum Gasteiger partial charge on any atom is -0.382 e. The lowest BCUT2D eigenvalue weighted by atomic mass is 9.98. The first-order valence-corrected chi connectivity index (χ1v) is 6.60. The lowest BCUT2D eigenvalue weighted by Gasteiger charge is -2.18. The number of benzene rings is 2. The minimum absolute atomic E-state index is 0.350. The Bertz CT molecular complexity index is 571. The molecule has 0 aromatic heterocycles. The van der Waals surface area contributed by atoms with Crippen LogP contribution in [0.2, 0.25) is 0 Å². The van der Waals surface area contributed by atoms with Crippen molar-refractivity contribution in [1.82, 2.24) is 0 Å². The van der Waals surface area contributed by atoms with Gasteiger partial charge in [0.1, 0.15) is 0 Å². The Balaban J connectivity index is 2.45. The van der Waals surface area contributed by atoms with Crippen molar-refractivity contribution in [2.24, 2.45) is 0 Å². The molecular formula is C17H20N2. The van der Waals surface area contributed by atoms with Gasteiger partial charge in [0.15, 0.2) is 0 Å². The molecule has 19 heavy (non-hydrogen) atoms. The molecule has 0 heterocycles. The zero-order valence-corrected chi connectivity index (χ0v) is 11.7. The second kappa shape index (κ2) is 5.70. The number of nitrogens with one attached hydrogen (secondary N) is 2. The van der Waals surface area contributed by atoms with E-state index in [1.807, 2.05) is 42.5 Å². The van der Waals surface area contributed by atoms with Crippen LogP contribution in [-0.4, -0.2) is 11.8 Å². The maximum absolute atomic E-state index is 8.41. The second-order valence-corrected chi connectivity index (χ2v) is 5.04. The summed E-state index contributed by atoms with van der Waals surface area (Å²) in [7, 11) is 0. The predicted molar refractivity (Wildman–Crippen MR) is 82.3 cm³/mol. The van der Waals surface area contributed by atoms with Crippen molar-refractivity contribution in [3.8, 4) is 0 Å². The zero-order chi connectivity index (χ0) is 13.8. The van der Waals surface area contributed by atoms with Crippen LogP contribution >= 0.6 is 0 Å². The lowest BCUT2D eigenvalue weighted by molar-refractivity contribution is 0.897. The summed E-state index contributed by atoms with van der Waals surface area (Å²) in [4.78, 5) is 0. The van der Waals surface area contributed by atoms with Gasteiger partial charge in [-0.15, -0.1) is 0 Å². The van der Waals surface area contributed by atoms with E-state index in [0.717, 1.165) is 16.8 Å². The number of hydrogen-bond donors (Lipinski definition) is 2. The van der Waals surface area contributed by atoms with Gasteiger partial charge in [0.05, 0.1) is 5.71 Å². The summed E-state index contributed by atoms with van der Waals surface area (Å²) in [5, 5.41) is 11.9. The van der Waals surface area contributed by atoms with Gasteiger partial charge in [-0.1, -0.05) is 48.5 Å². The molecule has 2 aromatic rings. The summed E-state index contributed by atoms with van der Waals surface area (Å²) in [6.07, 6.45) is 0. The average molecular weight is 252 g/mol. The molecule has 0 aliphatic rings. The van der Waals surface area contributed by atoms with Crippen LogP contribution in [0.4, 0.5) is 5.69 Å². The van der Waals surface area contributed by atoms with Crippen molar-refractivity contribution in [3.63, 3.8) is 0 Å². The molecule has 2 rings (SSSR count). The molecule has 0 aliphatic heterocycles. The van der Waals surface area contributed by atoms with E-state index < -0.39 is 0 Å². The third kappa shape index (κ3) is 3.02. The van der Waals surface area contributed by atoms with Crippen molar-refractivity contribution >= 4 is 11.4 Å². The van der Waals surface area contributed by atoms with Crippen molar-refractivity contribution < 1.29 is 0 Å². The Morgan fingerprint density at radius 1 is 1.00 bits per heavy atom. The van der Waals surface area contributed by atoms with Crippen molar-refractivity contribution in [2.75, 3.05) is 5.32 Å². The fraction of sp³-hybridized carbons (Fsp3) is 0.235. The van der Waals surface area contributed by atoms with Gasteiger partial charge in [-0.3, -0.25) is 5.41 Å². The van der Waals surface area contributed by atoms with Crippen LogP contribution in [0.15, 0.2) is 48.5 Å².